The fourth-order valence-corrected chi connectivity index (χ4v) is 3.85. The second kappa shape index (κ2) is 10.3. The van der Waals surface area contributed by atoms with Gasteiger partial charge in [-0.1, -0.05) is 60.3 Å². The number of anilines is 1. The Kier molecular flexibility index (Phi) is 7.78. The molecule has 0 unspecified atom stereocenters. The van der Waals surface area contributed by atoms with Crippen LogP contribution in [0.1, 0.15) is 44.2 Å². The maximum absolute atomic E-state index is 12.6. The summed E-state index contributed by atoms with van der Waals surface area (Å²) < 4.78 is 0. The van der Waals surface area contributed by atoms with Crippen molar-refractivity contribution in [1.82, 2.24) is 5.43 Å². The van der Waals surface area contributed by atoms with E-state index in [1.807, 2.05) is 35.8 Å². The second-order valence-electron chi connectivity index (χ2n) is 6.93. The third-order valence-electron chi connectivity index (χ3n) is 4.77. The van der Waals surface area contributed by atoms with Crippen molar-refractivity contribution in [2.75, 3.05) is 11.6 Å². The zero-order chi connectivity index (χ0) is 20.8. The summed E-state index contributed by atoms with van der Waals surface area (Å²) in [6, 6.07) is 12.6. The van der Waals surface area contributed by atoms with Crippen LogP contribution in [-0.2, 0) is 4.79 Å². The summed E-state index contributed by atoms with van der Waals surface area (Å²) in [5, 5.41) is 8.07. The van der Waals surface area contributed by atoms with Crippen molar-refractivity contribution >= 4 is 52.1 Å². The summed E-state index contributed by atoms with van der Waals surface area (Å²) in [6.07, 6.45) is 3.82. The Morgan fingerprint density at radius 1 is 1.14 bits per heavy atom. The van der Waals surface area contributed by atoms with Gasteiger partial charge in [0.1, 0.15) is 5.71 Å². The standard InChI is InChI=1S/C21H23Cl3N4O/c1-2-3-4-11-25-26-21(29)18-13-20(14-5-7-15(22)8-6-14)28(27-18)19-10-9-16(23)12-17(19)24/h5-10,12,20,25H,2-4,11,13H2,1H3,(H,26,29)/p+1/t20-/m0/s1. The number of halogens is 3. The lowest BCUT2D eigenvalue weighted by Gasteiger charge is -2.25. The molecule has 2 aromatic carbocycles. The highest BCUT2D eigenvalue weighted by atomic mass is 35.5. The fraction of sp³-hybridized carbons (Fsp3) is 0.333. The van der Waals surface area contributed by atoms with Gasteiger partial charge in [0, 0.05) is 16.5 Å². The molecule has 5 nitrogen and oxygen atoms in total. The molecule has 1 heterocycles. The van der Waals surface area contributed by atoms with Gasteiger partial charge in [-0.3, -0.25) is 9.80 Å². The van der Waals surface area contributed by atoms with Gasteiger partial charge in [-0.15, -0.1) is 0 Å². The predicted molar refractivity (Wildman–Crippen MR) is 120 cm³/mol. The zero-order valence-corrected chi connectivity index (χ0v) is 18.4. The molecular formula is C21H24Cl3N4O+. The van der Waals surface area contributed by atoms with E-state index in [-0.39, 0.29) is 11.9 Å². The minimum atomic E-state index is -0.187. The molecule has 3 rings (SSSR count). The van der Waals surface area contributed by atoms with Gasteiger partial charge in [-0.25, -0.2) is 5.43 Å². The number of carbonyl (C=O) groups excluding carboxylic acids is 1. The first-order valence-corrected chi connectivity index (χ1v) is 10.8. The molecule has 154 valence electrons. The molecule has 0 spiro atoms. The van der Waals surface area contributed by atoms with E-state index in [1.165, 1.54) is 0 Å². The molecule has 0 bridgehead atoms. The average Bonchev–Trinajstić information content (AvgIpc) is 3.13. The van der Waals surface area contributed by atoms with Crippen molar-refractivity contribution in [3.05, 3.63) is 63.1 Å². The van der Waals surface area contributed by atoms with E-state index in [1.54, 1.807) is 17.1 Å². The monoisotopic (exact) mass is 453 g/mol. The Morgan fingerprint density at radius 3 is 2.55 bits per heavy atom. The molecule has 1 amide bonds. The lowest BCUT2D eigenvalue weighted by Crippen LogP contribution is -2.94. The van der Waals surface area contributed by atoms with Gasteiger partial charge >= 0.3 is 5.91 Å². The summed E-state index contributed by atoms with van der Waals surface area (Å²) >= 11 is 18.5. The van der Waals surface area contributed by atoms with Crippen LogP contribution in [0.15, 0.2) is 47.6 Å². The first-order chi connectivity index (χ1) is 14.0. The Labute approximate surface area is 186 Å². The Balaban J connectivity index is 1.81. The van der Waals surface area contributed by atoms with E-state index in [0.717, 1.165) is 31.4 Å². The molecule has 0 aliphatic carbocycles. The molecule has 0 radical (unpaired) electrons. The molecule has 1 aliphatic rings. The molecule has 3 N–H and O–H groups in total. The number of nitrogens with zero attached hydrogens (tertiary/aromatic N) is 2. The number of nitrogens with two attached hydrogens (primary N) is 1. The van der Waals surface area contributed by atoms with Gasteiger partial charge < -0.3 is 0 Å². The van der Waals surface area contributed by atoms with E-state index in [2.05, 4.69) is 17.5 Å². The number of hydrogen-bond donors (Lipinski definition) is 2. The van der Waals surface area contributed by atoms with E-state index in [0.29, 0.717) is 32.9 Å². The number of nitrogens with one attached hydrogen (secondary N) is 1. The van der Waals surface area contributed by atoms with Crippen molar-refractivity contribution < 1.29 is 10.2 Å². The number of benzene rings is 2. The van der Waals surface area contributed by atoms with Gasteiger partial charge in [0.25, 0.3) is 0 Å². The van der Waals surface area contributed by atoms with Gasteiger partial charge in [-0.2, -0.15) is 10.5 Å². The highest BCUT2D eigenvalue weighted by Gasteiger charge is 2.33. The summed E-state index contributed by atoms with van der Waals surface area (Å²) in [5.41, 5.74) is 6.84. The van der Waals surface area contributed by atoms with E-state index >= 15 is 0 Å². The smallest absolute Gasteiger partial charge is 0.263 e. The summed E-state index contributed by atoms with van der Waals surface area (Å²) in [4.78, 5) is 12.6. The normalized spacial score (nSPS) is 16.1. The average molecular weight is 455 g/mol. The maximum Gasteiger partial charge on any atom is 0.312 e. The van der Waals surface area contributed by atoms with Crippen LogP contribution in [0.4, 0.5) is 5.69 Å². The van der Waals surface area contributed by atoms with Crippen LogP contribution < -0.4 is 15.9 Å². The molecule has 1 atom stereocenters. The number of amides is 1. The number of rotatable bonds is 8. The molecule has 1 aliphatic heterocycles. The molecule has 0 aromatic heterocycles. The minimum Gasteiger partial charge on any atom is -0.263 e. The Bertz CT molecular complexity index is 886. The molecule has 0 saturated carbocycles. The highest BCUT2D eigenvalue weighted by Crippen LogP contribution is 2.39. The molecule has 29 heavy (non-hydrogen) atoms. The van der Waals surface area contributed by atoms with Crippen LogP contribution in [0.2, 0.25) is 15.1 Å². The lowest BCUT2D eigenvalue weighted by molar-refractivity contribution is -0.698. The number of unbranched alkanes of at least 4 members (excludes halogenated alkanes) is 2. The van der Waals surface area contributed by atoms with Crippen LogP contribution in [0, 0.1) is 0 Å². The largest absolute Gasteiger partial charge is 0.312 e. The van der Waals surface area contributed by atoms with E-state index < -0.39 is 0 Å². The van der Waals surface area contributed by atoms with E-state index in [9.17, 15) is 4.79 Å². The van der Waals surface area contributed by atoms with Crippen LogP contribution in [-0.4, -0.2) is 18.2 Å². The number of carbonyl (C=O) groups is 1. The molecule has 2 aromatic rings. The first kappa shape index (κ1) is 21.9. The lowest BCUT2D eigenvalue weighted by atomic mass is 10.0. The van der Waals surface area contributed by atoms with Crippen molar-refractivity contribution in [3.63, 3.8) is 0 Å². The van der Waals surface area contributed by atoms with Gasteiger partial charge in [0.05, 0.1) is 23.3 Å². The van der Waals surface area contributed by atoms with Crippen molar-refractivity contribution in [1.29, 1.82) is 0 Å². The molecule has 0 saturated heterocycles. The predicted octanol–water partition coefficient (Wildman–Crippen LogP) is 4.74. The highest BCUT2D eigenvalue weighted by molar-refractivity contribution is 6.40. The third kappa shape index (κ3) is 5.64. The third-order valence-corrected chi connectivity index (χ3v) is 5.56. The number of quaternary nitrogens is 1. The van der Waals surface area contributed by atoms with E-state index in [4.69, 9.17) is 34.8 Å². The summed E-state index contributed by atoms with van der Waals surface area (Å²) in [5.74, 6) is -0.187. The SMILES string of the molecule is CCCCC[NH2+]NC(=O)C1=NN(c2ccc(Cl)cc2Cl)[C@H](c2ccc(Cl)cc2)C1. The van der Waals surface area contributed by atoms with Gasteiger partial charge in [0.2, 0.25) is 0 Å². The van der Waals surface area contributed by atoms with Crippen molar-refractivity contribution in [2.45, 2.75) is 38.6 Å². The maximum atomic E-state index is 12.6. The second-order valence-corrected chi connectivity index (χ2v) is 8.21. The topological polar surface area (TPSA) is 61.3 Å². The molecular weight excluding hydrogens is 431 g/mol. The van der Waals surface area contributed by atoms with Crippen LogP contribution in [0.5, 0.6) is 0 Å². The van der Waals surface area contributed by atoms with Crippen molar-refractivity contribution in [2.24, 2.45) is 5.10 Å². The Hall–Kier alpha value is -1.79. The minimum absolute atomic E-state index is 0.160. The van der Waals surface area contributed by atoms with Gasteiger partial charge in [-0.05, 0) is 48.7 Å². The molecule has 8 heteroatoms. The Morgan fingerprint density at radius 2 is 1.86 bits per heavy atom. The van der Waals surface area contributed by atoms with Crippen LogP contribution in [0.25, 0.3) is 0 Å². The summed E-state index contributed by atoms with van der Waals surface area (Å²) in [6.45, 7) is 3.00. The zero-order valence-electron chi connectivity index (χ0n) is 16.2. The molecule has 0 fully saturated rings. The summed E-state index contributed by atoms with van der Waals surface area (Å²) in [7, 11) is 0. The number of hydrogen-bond acceptors (Lipinski definition) is 3. The number of hydrazone groups is 1. The first-order valence-electron chi connectivity index (χ1n) is 9.69. The van der Waals surface area contributed by atoms with Crippen LogP contribution in [0.3, 0.4) is 0 Å². The van der Waals surface area contributed by atoms with Crippen molar-refractivity contribution in [3.8, 4) is 0 Å². The van der Waals surface area contributed by atoms with Crippen LogP contribution >= 0.6 is 34.8 Å². The quantitative estimate of drug-likeness (QED) is 0.262. The fourth-order valence-electron chi connectivity index (χ4n) is 3.23. The van der Waals surface area contributed by atoms with Gasteiger partial charge in [0.15, 0.2) is 0 Å².